The Labute approximate surface area is 141 Å². The van der Waals surface area contributed by atoms with Crippen molar-refractivity contribution in [3.05, 3.63) is 35.3 Å². The summed E-state index contributed by atoms with van der Waals surface area (Å²) in [7, 11) is -0.619. The van der Waals surface area contributed by atoms with E-state index in [2.05, 4.69) is 4.98 Å². The van der Waals surface area contributed by atoms with Crippen molar-refractivity contribution in [1.29, 1.82) is 0 Å². The number of aromatic nitrogens is 1. The van der Waals surface area contributed by atoms with E-state index in [4.69, 9.17) is 9.31 Å². The zero-order valence-corrected chi connectivity index (χ0v) is 14.9. The quantitative estimate of drug-likeness (QED) is 0.622. The van der Waals surface area contributed by atoms with E-state index < -0.39 is 24.3 Å². The van der Waals surface area contributed by atoms with Crippen LogP contribution in [0.1, 0.15) is 40.2 Å². The maximum atomic E-state index is 13.8. The number of rotatable bonds is 4. The van der Waals surface area contributed by atoms with E-state index in [-0.39, 0.29) is 5.12 Å². The molecule has 1 saturated heterocycles. The summed E-state index contributed by atoms with van der Waals surface area (Å²) in [6.45, 7) is 9.30. The van der Waals surface area contributed by atoms with Gasteiger partial charge in [-0.25, -0.2) is 4.98 Å². The Morgan fingerprint density at radius 3 is 2.48 bits per heavy atom. The zero-order chi connectivity index (χ0) is 17.3. The SMILES string of the molecule is CC(=O)SCC(=Cc1cccnc1F)B1OC(C)(C)C(C)(C)O1. The van der Waals surface area contributed by atoms with E-state index in [1.807, 2.05) is 27.7 Å². The standard InChI is InChI=1S/C16H21BFNO3S/c1-11(20)23-10-13(9-12-7-6-8-19-14(12)18)17-21-15(2,3)16(4,5)22-17/h6-9H,10H2,1-5H3. The largest absolute Gasteiger partial charge is 0.491 e. The third-order valence-electron chi connectivity index (χ3n) is 4.13. The van der Waals surface area contributed by atoms with Gasteiger partial charge < -0.3 is 9.31 Å². The molecule has 1 aliphatic heterocycles. The van der Waals surface area contributed by atoms with Crippen LogP contribution in [0.4, 0.5) is 4.39 Å². The van der Waals surface area contributed by atoms with Gasteiger partial charge in [-0.05, 0) is 45.3 Å². The van der Waals surface area contributed by atoms with Crippen LogP contribution >= 0.6 is 11.8 Å². The predicted octanol–water partition coefficient (Wildman–Crippen LogP) is 3.52. The normalized spacial score (nSPS) is 19.9. The fraction of sp³-hybridized carbons (Fsp3) is 0.500. The monoisotopic (exact) mass is 337 g/mol. The van der Waals surface area contributed by atoms with E-state index >= 15 is 0 Å². The highest BCUT2D eigenvalue weighted by atomic mass is 32.2. The van der Waals surface area contributed by atoms with E-state index in [0.29, 0.717) is 16.8 Å². The maximum Gasteiger partial charge on any atom is 0.491 e. The molecule has 1 aromatic rings. The Kier molecular flexibility index (Phi) is 5.33. The summed E-state index contributed by atoms with van der Waals surface area (Å²) in [5, 5.41) is -0.0147. The minimum absolute atomic E-state index is 0.0147. The molecular formula is C16H21BFNO3S. The first-order valence-corrected chi connectivity index (χ1v) is 8.41. The van der Waals surface area contributed by atoms with Gasteiger partial charge in [-0.1, -0.05) is 17.8 Å². The summed E-state index contributed by atoms with van der Waals surface area (Å²) in [4.78, 5) is 14.9. The lowest BCUT2D eigenvalue weighted by molar-refractivity contribution is -0.109. The highest BCUT2D eigenvalue weighted by molar-refractivity contribution is 8.13. The third kappa shape index (κ3) is 4.22. The molecule has 0 spiro atoms. The molecule has 0 bridgehead atoms. The average Bonchev–Trinajstić information content (AvgIpc) is 2.65. The minimum Gasteiger partial charge on any atom is -0.400 e. The molecule has 1 fully saturated rings. The number of hydrogen-bond donors (Lipinski definition) is 0. The number of pyridine rings is 1. The first kappa shape index (κ1) is 18.2. The molecule has 0 aliphatic carbocycles. The lowest BCUT2D eigenvalue weighted by Crippen LogP contribution is -2.41. The van der Waals surface area contributed by atoms with Crippen molar-refractivity contribution in [2.75, 3.05) is 5.75 Å². The van der Waals surface area contributed by atoms with Crippen molar-refractivity contribution in [3.8, 4) is 0 Å². The molecule has 2 rings (SSSR count). The number of hydrogen-bond acceptors (Lipinski definition) is 5. The summed E-state index contributed by atoms with van der Waals surface area (Å²) in [6.07, 6.45) is 3.05. The van der Waals surface area contributed by atoms with Crippen LogP contribution in [-0.4, -0.2) is 34.2 Å². The minimum atomic E-state index is -0.619. The van der Waals surface area contributed by atoms with E-state index in [1.165, 1.54) is 13.1 Å². The topological polar surface area (TPSA) is 48.4 Å². The summed E-state index contributed by atoms with van der Waals surface area (Å²) in [5.41, 5.74) is 0.0631. The molecule has 0 N–H and O–H groups in total. The van der Waals surface area contributed by atoms with Crippen LogP contribution in [0.5, 0.6) is 0 Å². The molecule has 0 atom stereocenters. The molecule has 7 heteroatoms. The average molecular weight is 337 g/mol. The lowest BCUT2D eigenvalue weighted by atomic mass is 9.78. The van der Waals surface area contributed by atoms with Gasteiger partial charge in [0.25, 0.3) is 0 Å². The van der Waals surface area contributed by atoms with Crippen LogP contribution in [-0.2, 0) is 14.1 Å². The van der Waals surface area contributed by atoms with Crippen molar-refractivity contribution in [1.82, 2.24) is 4.98 Å². The maximum absolute atomic E-state index is 13.8. The Hall–Kier alpha value is -1.18. The molecule has 4 nitrogen and oxygen atoms in total. The number of nitrogens with zero attached hydrogens (tertiary/aromatic N) is 1. The van der Waals surface area contributed by atoms with Gasteiger partial charge in [0, 0.05) is 24.4 Å². The number of carbonyl (C=O) groups excluding carboxylic acids is 1. The number of halogens is 1. The first-order chi connectivity index (χ1) is 10.6. The highest BCUT2D eigenvalue weighted by Crippen LogP contribution is 2.39. The summed E-state index contributed by atoms with van der Waals surface area (Å²) in [5.74, 6) is -0.185. The summed E-state index contributed by atoms with van der Waals surface area (Å²) in [6, 6.07) is 3.29. The van der Waals surface area contributed by atoms with Crippen LogP contribution in [0.15, 0.2) is 23.8 Å². The fourth-order valence-electron chi connectivity index (χ4n) is 2.06. The lowest BCUT2D eigenvalue weighted by Gasteiger charge is -2.32. The molecule has 0 radical (unpaired) electrons. The van der Waals surface area contributed by atoms with Crippen molar-refractivity contribution in [2.24, 2.45) is 0 Å². The molecule has 0 unspecified atom stereocenters. The molecule has 0 aromatic carbocycles. The second-order valence-electron chi connectivity index (χ2n) is 6.47. The van der Waals surface area contributed by atoms with E-state index in [0.717, 1.165) is 11.8 Å². The van der Waals surface area contributed by atoms with Crippen LogP contribution in [0, 0.1) is 5.95 Å². The molecule has 124 valence electrons. The second-order valence-corrected chi connectivity index (χ2v) is 7.62. The van der Waals surface area contributed by atoms with Crippen LogP contribution in [0.3, 0.4) is 0 Å². The molecule has 23 heavy (non-hydrogen) atoms. The smallest absolute Gasteiger partial charge is 0.400 e. The molecule has 0 amide bonds. The van der Waals surface area contributed by atoms with E-state index in [1.54, 1.807) is 18.2 Å². The Bertz CT molecular complexity index is 618. The van der Waals surface area contributed by atoms with Crippen molar-refractivity contribution >= 4 is 30.1 Å². The predicted molar refractivity (Wildman–Crippen MR) is 91.4 cm³/mol. The Morgan fingerprint density at radius 2 is 1.96 bits per heavy atom. The van der Waals surface area contributed by atoms with Crippen molar-refractivity contribution in [2.45, 2.75) is 45.8 Å². The third-order valence-corrected chi connectivity index (χ3v) is 5.01. The second kappa shape index (κ2) is 6.75. The van der Waals surface area contributed by atoms with Gasteiger partial charge in [0.1, 0.15) is 0 Å². The van der Waals surface area contributed by atoms with Gasteiger partial charge in [0.05, 0.1) is 11.2 Å². The fourth-order valence-corrected chi connectivity index (χ4v) is 2.65. The molecule has 1 aromatic heterocycles. The van der Waals surface area contributed by atoms with Gasteiger partial charge in [-0.15, -0.1) is 0 Å². The first-order valence-electron chi connectivity index (χ1n) is 7.42. The van der Waals surface area contributed by atoms with Gasteiger partial charge in [-0.2, -0.15) is 4.39 Å². The zero-order valence-electron chi connectivity index (χ0n) is 14.1. The van der Waals surface area contributed by atoms with E-state index in [9.17, 15) is 9.18 Å². The van der Waals surface area contributed by atoms with Gasteiger partial charge in [0.15, 0.2) is 5.12 Å². The molecular weight excluding hydrogens is 316 g/mol. The summed E-state index contributed by atoms with van der Waals surface area (Å²) >= 11 is 1.14. The van der Waals surface area contributed by atoms with Gasteiger partial charge in [0.2, 0.25) is 5.95 Å². The van der Waals surface area contributed by atoms with Gasteiger partial charge in [-0.3, -0.25) is 4.79 Å². The van der Waals surface area contributed by atoms with Crippen molar-refractivity contribution in [3.63, 3.8) is 0 Å². The van der Waals surface area contributed by atoms with Crippen LogP contribution < -0.4 is 0 Å². The van der Waals surface area contributed by atoms with Gasteiger partial charge >= 0.3 is 7.12 Å². The van der Waals surface area contributed by atoms with Crippen LogP contribution in [0.25, 0.3) is 6.08 Å². The Morgan fingerprint density at radius 1 is 1.35 bits per heavy atom. The van der Waals surface area contributed by atoms with Crippen LogP contribution in [0.2, 0.25) is 0 Å². The highest BCUT2D eigenvalue weighted by Gasteiger charge is 2.52. The number of carbonyl (C=O) groups is 1. The van der Waals surface area contributed by atoms with Crippen molar-refractivity contribution < 1.29 is 18.5 Å². The molecule has 2 heterocycles. The number of thioether (sulfide) groups is 1. The Balaban J connectivity index is 2.32. The summed E-state index contributed by atoms with van der Waals surface area (Å²) < 4.78 is 25.9. The molecule has 0 saturated carbocycles. The molecule has 1 aliphatic rings.